The number of rotatable bonds is 2. The first kappa shape index (κ1) is 14.5. The highest BCUT2D eigenvalue weighted by Gasteiger charge is 2.33. The predicted octanol–water partition coefficient (Wildman–Crippen LogP) is 4.45. The molecule has 0 saturated carbocycles. The molecule has 0 radical (unpaired) electrons. The molecule has 3 aromatic rings. The minimum Gasteiger partial charge on any atom is -0.348 e. The number of halogens is 1. The number of thiophene rings is 1. The highest BCUT2D eigenvalue weighted by molar-refractivity contribution is 7.12. The van der Waals surface area contributed by atoms with Crippen LogP contribution in [0.5, 0.6) is 0 Å². The van der Waals surface area contributed by atoms with Gasteiger partial charge in [0, 0.05) is 30.0 Å². The monoisotopic (exact) mass is 342 g/mol. The fraction of sp³-hybridized carbons (Fsp3) is 0.167. The lowest BCUT2D eigenvalue weighted by atomic mass is 9.99. The summed E-state index contributed by atoms with van der Waals surface area (Å²) in [6.07, 6.45) is 2.06. The van der Waals surface area contributed by atoms with E-state index in [1.807, 2.05) is 52.7 Å². The van der Waals surface area contributed by atoms with Crippen LogP contribution in [-0.2, 0) is 6.54 Å². The topological polar surface area (TPSA) is 25.2 Å². The molecule has 3 nitrogen and oxygen atoms in total. The normalized spacial score (nSPS) is 17.1. The summed E-state index contributed by atoms with van der Waals surface area (Å²) >= 11 is 7.92. The highest BCUT2D eigenvalue weighted by atomic mass is 35.5. The summed E-state index contributed by atoms with van der Waals surface area (Å²) in [6.45, 7) is 1.48. The molecule has 0 saturated heterocycles. The van der Waals surface area contributed by atoms with E-state index in [9.17, 15) is 4.79 Å². The van der Waals surface area contributed by atoms with Gasteiger partial charge in [-0.1, -0.05) is 35.9 Å². The van der Waals surface area contributed by atoms with E-state index < -0.39 is 0 Å². The summed E-state index contributed by atoms with van der Waals surface area (Å²) in [7, 11) is 0. The van der Waals surface area contributed by atoms with Gasteiger partial charge in [-0.15, -0.1) is 11.3 Å². The number of amides is 1. The Balaban J connectivity index is 1.83. The molecule has 2 aromatic heterocycles. The molecular weight excluding hydrogens is 328 g/mol. The van der Waals surface area contributed by atoms with Crippen LogP contribution in [0.4, 0.5) is 0 Å². The predicted molar refractivity (Wildman–Crippen MR) is 93.1 cm³/mol. The number of hydrogen-bond acceptors (Lipinski definition) is 2. The van der Waals surface area contributed by atoms with Gasteiger partial charge in [-0.2, -0.15) is 0 Å². The Bertz CT molecular complexity index is 840. The third-order valence-corrected chi connectivity index (χ3v) is 5.43. The first-order valence-corrected chi connectivity index (χ1v) is 8.75. The summed E-state index contributed by atoms with van der Waals surface area (Å²) in [4.78, 5) is 15.7. The van der Waals surface area contributed by atoms with Gasteiger partial charge in [0.05, 0.1) is 10.9 Å². The number of carbonyl (C=O) groups is 1. The zero-order valence-corrected chi connectivity index (χ0v) is 13.9. The molecule has 0 bridgehead atoms. The van der Waals surface area contributed by atoms with Gasteiger partial charge in [-0.3, -0.25) is 4.79 Å². The summed E-state index contributed by atoms with van der Waals surface area (Å²) < 4.78 is 2.20. The molecule has 0 unspecified atom stereocenters. The SMILES string of the molecule is O=C(c1cccs1)N1CCn2cccc2[C@H]1c1ccccc1Cl. The van der Waals surface area contributed by atoms with E-state index in [0.29, 0.717) is 11.6 Å². The molecule has 0 fully saturated rings. The second-order valence-corrected chi connectivity index (χ2v) is 6.88. The Kier molecular flexibility index (Phi) is 3.71. The quantitative estimate of drug-likeness (QED) is 0.675. The average Bonchev–Trinajstić information content (AvgIpc) is 3.25. The van der Waals surface area contributed by atoms with E-state index in [4.69, 9.17) is 11.6 Å². The summed E-state index contributed by atoms with van der Waals surface area (Å²) in [5.74, 6) is 0.0670. The lowest BCUT2D eigenvalue weighted by Crippen LogP contribution is -2.42. The smallest absolute Gasteiger partial charge is 0.264 e. The summed E-state index contributed by atoms with van der Waals surface area (Å²) in [5.41, 5.74) is 2.08. The molecule has 23 heavy (non-hydrogen) atoms. The number of hydrogen-bond donors (Lipinski definition) is 0. The average molecular weight is 343 g/mol. The van der Waals surface area contributed by atoms with Crippen molar-refractivity contribution in [1.29, 1.82) is 0 Å². The van der Waals surface area contributed by atoms with Crippen LogP contribution in [0.2, 0.25) is 5.02 Å². The molecule has 4 rings (SSSR count). The van der Waals surface area contributed by atoms with E-state index in [0.717, 1.165) is 22.7 Å². The largest absolute Gasteiger partial charge is 0.348 e. The highest BCUT2D eigenvalue weighted by Crippen LogP contribution is 2.37. The maximum atomic E-state index is 13.0. The van der Waals surface area contributed by atoms with Crippen molar-refractivity contribution in [2.75, 3.05) is 6.54 Å². The van der Waals surface area contributed by atoms with Crippen molar-refractivity contribution in [2.24, 2.45) is 0 Å². The van der Waals surface area contributed by atoms with E-state index in [1.165, 1.54) is 11.3 Å². The van der Waals surface area contributed by atoms with Gasteiger partial charge in [0.2, 0.25) is 0 Å². The van der Waals surface area contributed by atoms with Crippen LogP contribution in [-0.4, -0.2) is 21.9 Å². The molecule has 116 valence electrons. The van der Waals surface area contributed by atoms with Gasteiger partial charge in [-0.05, 0) is 35.2 Å². The molecule has 1 amide bonds. The molecule has 1 aliphatic heterocycles. The van der Waals surface area contributed by atoms with Crippen molar-refractivity contribution in [1.82, 2.24) is 9.47 Å². The molecule has 1 aliphatic rings. The van der Waals surface area contributed by atoms with Crippen LogP contribution in [0.25, 0.3) is 0 Å². The van der Waals surface area contributed by atoms with Crippen molar-refractivity contribution in [3.8, 4) is 0 Å². The number of benzene rings is 1. The Morgan fingerprint density at radius 2 is 1.96 bits per heavy atom. The van der Waals surface area contributed by atoms with Crippen molar-refractivity contribution in [3.05, 3.63) is 81.3 Å². The summed E-state index contributed by atoms with van der Waals surface area (Å²) in [6, 6.07) is 15.5. The van der Waals surface area contributed by atoms with E-state index >= 15 is 0 Å². The van der Waals surface area contributed by atoms with E-state index in [1.54, 1.807) is 0 Å². The molecule has 0 spiro atoms. The summed E-state index contributed by atoms with van der Waals surface area (Å²) in [5, 5.41) is 2.63. The second-order valence-electron chi connectivity index (χ2n) is 5.53. The van der Waals surface area contributed by atoms with Crippen LogP contribution in [0.1, 0.15) is 27.0 Å². The zero-order valence-electron chi connectivity index (χ0n) is 12.4. The van der Waals surface area contributed by atoms with E-state index in [2.05, 4.69) is 16.8 Å². The molecule has 1 atom stereocenters. The van der Waals surface area contributed by atoms with Crippen molar-refractivity contribution in [3.63, 3.8) is 0 Å². The van der Waals surface area contributed by atoms with Crippen LogP contribution >= 0.6 is 22.9 Å². The third kappa shape index (κ3) is 2.48. The number of carbonyl (C=O) groups excluding carboxylic acids is 1. The Hall–Kier alpha value is -2.04. The molecule has 0 N–H and O–H groups in total. The minimum atomic E-state index is -0.151. The zero-order chi connectivity index (χ0) is 15.8. The first-order chi connectivity index (χ1) is 11.3. The van der Waals surface area contributed by atoms with Gasteiger partial charge in [0.1, 0.15) is 0 Å². The molecule has 3 heterocycles. The fourth-order valence-corrected chi connectivity index (χ4v) is 4.09. The Labute approximate surface area is 143 Å². The van der Waals surface area contributed by atoms with Crippen LogP contribution in [0, 0.1) is 0 Å². The minimum absolute atomic E-state index is 0.0670. The molecule has 5 heteroatoms. The lowest BCUT2D eigenvalue weighted by Gasteiger charge is -2.37. The van der Waals surface area contributed by atoms with Gasteiger partial charge >= 0.3 is 0 Å². The number of aromatic nitrogens is 1. The lowest BCUT2D eigenvalue weighted by molar-refractivity contribution is 0.0669. The van der Waals surface area contributed by atoms with Gasteiger partial charge < -0.3 is 9.47 Å². The van der Waals surface area contributed by atoms with Gasteiger partial charge in [-0.25, -0.2) is 0 Å². The Morgan fingerprint density at radius 1 is 1.09 bits per heavy atom. The maximum Gasteiger partial charge on any atom is 0.264 e. The van der Waals surface area contributed by atoms with Crippen LogP contribution in [0.3, 0.4) is 0 Å². The third-order valence-electron chi connectivity index (χ3n) is 4.23. The Morgan fingerprint density at radius 3 is 2.74 bits per heavy atom. The van der Waals surface area contributed by atoms with Crippen molar-refractivity contribution < 1.29 is 4.79 Å². The standard InChI is InChI=1S/C18H15ClN2OS/c19-14-6-2-1-5-13(14)17-15-7-3-9-20(15)10-11-21(17)18(22)16-8-4-12-23-16/h1-9,12,17H,10-11H2/t17-/m1/s1. The second kappa shape index (κ2) is 5.87. The maximum absolute atomic E-state index is 13.0. The molecular formula is C18H15ClN2OS. The van der Waals surface area contributed by atoms with Crippen LogP contribution < -0.4 is 0 Å². The van der Waals surface area contributed by atoms with Crippen molar-refractivity contribution >= 4 is 28.8 Å². The fourth-order valence-electron chi connectivity index (χ4n) is 3.17. The number of nitrogens with zero attached hydrogens (tertiary/aromatic N) is 2. The molecule has 1 aromatic carbocycles. The first-order valence-electron chi connectivity index (χ1n) is 7.49. The number of fused-ring (bicyclic) bond motifs is 1. The van der Waals surface area contributed by atoms with Gasteiger partial charge in [0.15, 0.2) is 0 Å². The van der Waals surface area contributed by atoms with Crippen LogP contribution in [0.15, 0.2) is 60.1 Å². The van der Waals surface area contributed by atoms with E-state index in [-0.39, 0.29) is 11.9 Å². The van der Waals surface area contributed by atoms with Gasteiger partial charge in [0.25, 0.3) is 5.91 Å². The molecule has 0 aliphatic carbocycles. The van der Waals surface area contributed by atoms with Crippen molar-refractivity contribution in [2.45, 2.75) is 12.6 Å².